The molecular formula is C20H25NO3S. The highest BCUT2D eigenvalue weighted by molar-refractivity contribution is 7.99. The summed E-state index contributed by atoms with van der Waals surface area (Å²) in [5, 5.41) is 9.50. The number of rotatable bonds is 6. The zero-order valence-electron chi connectivity index (χ0n) is 14.8. The molecule has 5 heteroatoms. The average molecular weight is 359 g/mol. The molecule has 1 saturated carbocycles. The van der Waals surface area contributed by atoms with E-state index in [0.29, 0.717) is 24.6 Å². The molecule has 1 heterocycles. The molecule has 2 atom stereocenters. The summed E-state index contributed by atoms with van der Waals surface area (Å²) in [6, 6.07) is 7.65. The first-order valence-corrected chi connectivity index (χ1v) is 9.83. The number of allylic oxidation sites excluding steroid dienone is 1. The van der Waals surface area contributed by atoms with Crippen LogP contribution in [-0.2, 0) is 4.79 Å². The molecule has 0 bridgehead atoms. The Balaban J connectivity index is 1.75. The molecule has 25 heavy (non-hydrogen) atoms. The van der Waals surface area contributed by atoms with Gasteiger partial charge in [0, 0.05) is 23.7 Å². The summed E-state index contributed by atoms with van der Waals surface area (Å²) in [5.41, 5.74) is 1.95. The van der Waals surface area contributed by atoms with E-state index in [1.165, 1.54) is 5.57 Å². The molecule has 2 aliphatic rings. The van der Waals surface area contributed by atoms with Crippen molar-refractivity contribution in [2.45, 2.75) is 31.6 Å². The summed E-state index contributed by atoms with van der Waals surface area (Å²) < 4.78 is 0. The monoisotopic (exact) mass is 359 g/mol. The van der Waals surface area contributed by atoms with Crippen LogP contribution in [0.15, 0.2) is 40.8 Å². The van der Waals surface area contributed by atoms with E-state index in [1.807, 2.05) is 24.3 Å². The van der Waals surface area contributed by atoms with Crippen LogP contribution in [0.1, 0.15) is 37.0 Å². The zero-order chi connectivity index (χ0) is 18.0. The lowest BCUT2D eigenvalue weighted by atomic mass is 9.92. The number of likely N-dealkylation sites (tertiary alicyclic amines) is 1. The Bertz CT molecular complexity index is 692. The normalized spacial score (nSPS) is 22.7. The number of aliphatic carboxylic acids is 1. The minimum atomic E-state index is -0.765. The van der Waals surface area contributed by atoms with Crippen molar-refractivity contribution in [3.05, 3.63) is 41.5 Å². The van der Waals surface area contributed by atoms with Crippen LogP contribution in [0.4, 0.5) is 0 Å². The van der Waals surface area contributed by atoms with Gasteiger partial charge in [-0.15, -0.1) is 11.8 Å². The van der Waals surface area contributed by atoms with Gasteiger partial charge in [0.05, 0.1) is 11.5 Å². The van der Waals surface area contributed by atoms with Crippen LogP contribution < -0.4 is 0 Å². The van der Waals surface area contributed by atoms with Crippen molar-refractivity contribution in [2.24, 2.45) is 17.8 Å². The molecule has 0 aromatic heterocycles. The molecule has 134 valence electrons. The number of hydrogen-bond acceptors (Lipinski definition) is 3. The minimum Gasteiger partial charge on any atom is -0.481 e. The van der Waals surface area contributed by atoms with E-state index in [1.54, 1.807) is 16.7 Å². The Labute approximate surface area is 153 Å². The number of carboxylic acids is 1. The number of nitrogens with zero attached hydrogens (tertiary/aromatic N) is 1. The maximum Gasteiger partial charge on any atom is 0.308 e. The average Bonchev–Trinajstić information content (AvgIpc) is 3.32. The number of benzene rings is 1. The van der Waals surface area contributed by atoms with Crippen LogP contribution >= 0.6 is 11.8 Å². The van der Waals surface area contributed by atoms with Gasteiger partial charge in [0.25, 0.3) is 5.91 Å². The third-order valence-electron chi connectivity index (χ3n) is 5.04. The van der Waals surface area contributed by atoms with Gasteiger partial charge < -0.3 is 10.0 Å². The Hall–Kier alpha value is -1.75. The van der Waals surface area contributed by atoms with Crippen LogP contribution in [0.5, 0.6) is 0 Å². The number of carbonyl (C=O) groups is 2. The fourth-order valence-electron chi connectivity index (χ4n) is 3.50. The fourth-order valence-corrected chi connectivity index (χ4v) is 4.58. The smallest absolute Gasteiger partial charge is 0.308 e. The number of hydrogen-bond donors (Lipinski definition) is 1. The molecule has 1 aliphatic heterocycles. The molecule has 1 N–H and O–H groups in total. The predicted octanol–water partition coefficient (Wildman–Crippen LogP) is 3.93. The van der Waals surface area contributed by atoms with E-state index in [-0.39, 0.29) is 11.8 Å². The Morgan fingerprint density at radius 1 is 1.24 bits per heavy atom. The summed E-state index contributed by atoms with van der Waals surface area (Å²) in [5.74, 6) is 0.220. The summed E-state index contributed by atoms with van der Waals surface area (Å²) in [6.07, 6.45) is 4.35. The number of amides is 1. The molecule has 0 spiro atoms. The topological polar surface area (TPSA) is 57.6 Å². The SMILES string of the molecule is CC(C)=CCSc1ccccc1C(=O)N1C[C@H](C(=O)O)[C@@H](C2CC2)C1. The summed E-state index contributed by atoms with van der Waals surface area (Å²) in [4.78, 5) is 27.3. The van der Waals surface area contributed by atoms with E-state index in [4.69, 9.17) is 0 Å². The summed E-state index contributed by atoms with van der Waals surface area (Å²) in [7, 11) is 0. The molecule has 1 amide bonds. The second-order valence-corrected chi connectivity index (χ2v) is 8.31. The minimum absolute atomic E-state index is 0.0327. The first-order valence-electron chi connectivity index (χ1n) is 8.84. The molecule has 1 saturated heterocycles. The lowest BCUT2D eigenvalue weighted by Crippen LogP contribution is -2.30. The maximum absolute atomic E-state index is 13.0. The molecule has 0 unspecified atom stereocenters. The maximum atomic E-state index is 13.0. The van der Waals surface area contributed by atoms with E-state index in [0.717, 1.165) is 23.5 Å². The van der Waals surface area contributed by atoms with Crippen molar-refractivity contribution in [1.82, 2.24) is 4.90 Å². The van der Waals surface area contributed by atoms with E-state index in [2.05, 4.69) is 19.9 Å². The summed E-state index contributed by atoms with van der Waals surface area (Å²) in [6.45, 7) is 5.04. The summed E-state index contributed by atoms with van der Waals surface area (Å²) >= 11 is 1.65. The highest BCUT2D eigenvalue weighted by atomic mass is 32.2. The van der Waals surface area contributed by atoms with Crippen molar-refractivity contribution < 1.29 is 14.7 Å². The highest BCUT2D eigenvalue weighted by Crippen LogP contribution is 2.44. The Kier molecular flexibility index (Phi) is 5.52. The Morgan fingerprint density at radius 3 is 2.60 bits per heavy atom. The molecule has 4 nitrogen and oxygen atoms in total. The van der Waals surface area contributed by atoms with Crippen LogP contribution in [0.2, 0.25) is 0 Å². The third kappa shape index (κ3) is 4.27. The second-order valence-electron chi connectivity index (χ2n) is 7.24. The first kappa shape index (κ1) is 18.1. The van der Waals surface area contributed by atoms with Gasteiger partial charge in [0.1, 0.15) is 0 Å². The van der Waals surface area contributed by atoms with Gasteiger partial charge in [-0.05, 0) is 50.7 Å². The molecule has 3 rings (SSSR count). The predicted molar refractivity (Wildman–Crippen MR) is 99.8 cm³/mol. The van der Waals surface area contributed by atoms with Gasteiger partial charge in [-0.1, -0.05) is 23.8 Å². The zero-order valence-corrected chi connectivity index (χ0v) is 15.6. The van der Waals surface area contributed by atoms with E-state index in [9.17, 15) is 14.7 Å². The molecule has 1 aromatic carbocycles. The van der Waals surface area contributed by atoms with Crippen LogP contribution in [0.3, 0.4) is 0 Å². The third-order valence-corrected chi connectivity index (χ3v) is 6.05. The standard InChI is InChI=1S/C20H25NO3S/c1-13(2)9-10-25-18-6-4-3-5-15(18)19(22)21-11-16(14-7-8-14)17(12-21)20(23)24/h3-6,9,14,16-17H,7-8,10-12H2,1-2H3,(H,23,24)/t16-,17+/m1/s1. The highest BCUT2D eigenvalue weighted by Gasteiger charge is 2.47. The lowest BCUT2D eigenvalue weighted by Gasteiger charge is -2.18. The van der Waals surface area contributed by atoms with Gasteiger partial charge in [0.15, 0.2) is 0 Å². The Morgan fingerprint density at radius 2 is 1.96 bits per heavy atom. The molecule has 1 aromatic rings. The number of carbonyl (C=O) groups excluding carboxylic acids is 1. The van der Waals surface area contributed by atoms with Crippen molar-refractivity contribution in [1.29, 1.82) is 0 Å². The van der Waals surface area contributed by atoms with Crippen molar-refractivity contribution in [2.75, 3.05) is 18.8 Å². The van der Waals surface area contributed by atoms with Crippen LogP contribution in [0.25, 0.3) is 0 Å². The van der Waals surface area contributed by atoms with Crippen molar-refractivity contribution >= 4 is 23.6 Å². The van der Waals surface area contributed by atoms with Gasteiger partial charge in [0.2, 0.25) is 0 Å². The van der Waals surface area contributed by atoms with Gasteiger partial charge in [-0.2, -0.15) is 0 Å². The number of thioether (sulfide) groups is 1. The van der Waals surface area contributed by atoms with Crippen molar-refractivity contribution in [3.63, 3.8) is 0 Å². The van der Waals surface area contributed by atoms with Crippen LogP contribution in [-0.4, -0.2) is 40.7 Å². The number of carboxylic acid groups (broad SMARTS) is 1. The van der Waals surface area contributed by atoms with Gasteiger partial charge >= 0.3 is 5.97 Å². The molecule has 1 aliphatic carbocycles. The first-order chi connectivity index (χ1) is 12.0. The largest absolute Gasteiger partial charge is 0.481 e. The van der Waals surface area contributed by atoms with Crippen LogP contribution in [0, 0.1) is 17.8 Å². The van der Waals surface area contributed by atoms with Gasteiger partial charge in [-0.3, -0.25) is 9.59 Å². The quantitative estimate of drug-likeness (QED) is 0.618. The van der Waals surface area contributed by atoms with Gasteiger partial charge in [-0.25, -0.2) is 0 Å². The molecule has 0 radical (unpaired) electrons. The second kappa shape index (κ2) is 7.65. The fraction of sp³-hybridized carbons (Fsp3) is 0.500. The molecule has 2 fully saturated rings. The molecular weight excluding hydrogens is 334 g/mol. The van der Waals surface area contributed by atoms with E-state index >= 15 is 0 Å². The van der Waals surface area contributed by atoms with E-state index < -0.39 is 11.9 Å². The lowest BCUT2D eigenvalue weighted by molar-refractivity contribution is -0.142. The van der Waals surface area contributed by atoms with Crippen molar-refractivity contribution in [3.8, 4) is 0 Å².